The van der Waals surface area contributed by atoms with Gasteiger partial charge in [0.15, 0.2) is 0 Å². The molecule has 0 radical (unpaired) electrons. The van der Waals surface area contributed by atoms with E-state index in [2.05, 4.69) is 10.6 Å². The molecular weight excluding hydrogens is 529 g/mol. The fraction of sp³-hybridized carbons (Fsp3) is 0.800. The van der Waals surface area contributed by atoms with E-state index in [1.807, 2.05) is 6.07 Å². The minimum atomic E-state index is -5.26. The first-order valence-corrected chi connectivity index (χ1v) is 13.3. The van der Waals surface area contributed by atoms with Gasteiger partial charge in [0, 0.05) is 31.3 Å². The SMILES string of the molecule is CC[C@H]1CC(F)(F)C[C@@H](C(=O)N[C@H](C#N)C[C@@H]2CCCNC2=O)N1C(=O)[C@H](CC1CCC1)NC(=O)C(F)(F)F. The summed E-state index contributed by atoms with van der Waals surface area (Å²) in [4.78, 5) is 51.6. The molecule has 0 unspecified atom stereocenters. The number of rotatable bonds is 9. The van der Waals surface area contributed by atoms with Crippen LogP contribution >= 0.6 is 0 Å². The van der Waals surface area contributed by atoms with Crippen LogP contribution < -0.4 is 16.0 Å². The van der Waals surface area contributed by atoms with Gasteiger partial charge in [-0.1, -0.05) is 26.2 Å². The largest absolute Gasteiger partial charge is 0.471 e. The lowest BCUT2D eigenvalue weighted by Gasteiger charge is -2.46. The van der Waals surface area contributed by atoms with Crippen LogP contribution in [0.5, 0.6) is 0 Å². The Labute approximate surface area is 223 Å². The molecule has 9 nitrogen and oxygen atoms in total. The molecule has 5 atom stereocenters. The van der Waals surface area contributed by atoms with Gasteiger partial charge in [-0.15, -0.1) is 0 Å². The van der Waals surface area contributed by atoms with E-state index < -0.39 is 72.7 Å². The third-order valence-corrected chi connectivity index (χ3v) is 7.83. The predicted octanol–water partition coefficient (Wildman–Crippen LogP) is 2.55. The molecule has 0 aromatic carbocycles. The monoisotopic (exact) mass is 563 g/mol. The first-order chi connectivity index (χ1) is 18.3. The molecule has 14 heteroatoms. The van der Waals surface area contributed by atoms with E-state index >= 15 is 0 Å². The molecule has 2 saturated heterocycles. The quantitative estimate of drug-likeness (QED) is 0.371. The van der Waals surface area contributed by atoms with E-state index in [4.69, 9.17) is 0 Å². The van der Waals surface area contributed by atoms with Gasteiger partial charge in [0.2, 0.25) is 17.7 Å². The van der Waals surface area contributed by atoms with Crippen molar-refractivity contribution >= 4 is 23.6 Å². The molecule has 3 rings (SSSR count). The Hall–Kier alpha value is -2.98. The number of nitrogens with one attached hydrogen (secondary N) is 3. The average molecular weight is 564 g/mol. The molecule has 0 aromatic rings. The first kappa shape index (κ1) is 30.6. The molecule has 2 aliphatic heterocycles. The molecule has 218 valence electrons. The van der Waals surface area contributed by atoms with E-state index in [0.29, 0.717) is 32.2 Å². The van der Waals surface area contributed by atoms with E-state index in [1.54, 1.807) is 5.32 Å². The van der Waals surface area contributed by atoms with Gasteiger partial charge in [-0.2, -0.15) is 18.4 Å². The molecule has 2 heterocycles. The highest BCUT2D eigenvalue weighted by atomic mass is 19.4. The average Bonchev–Trinajstić information content (AvgIpc) is 2.83. The molecule has 3 fully saturated rings. The number of carbonyl (C=O) groups excluding carboxylic acids is 4. The number of nitriles is 1. The van der Waals surface area contributed by atoms with Crippen LogP contribution in [0.3, 0.4) is 0 Å². The molecule has 1 aliphatic carbocycles. The van der Waals surface area contributed by atoms with E-state index in [0.717, 1.165) is 11.3 Å². The maximum atomic E-state index is 14.7. The second-order valence-corrected chi connectivity index (χ2v) is 10.7. The van der Waals surface area contributed by atoms with Crippen LogP contribution in [0.1, 0.15) is 71.1 Å². The van der Waals surface area contributed by atoms with Crippen molar-refractivity contribution in [3.8, 4) is 6.07 Å². The third-order valence-electron chi connectivity index (χ3n) is 7.83. The number of piperidine rings is 2. The second kappa shape index (κ2) is 12.5. The van der Waals surface area contributed by atoms with Crippen LogP contribution in [0.4, 0.5) is 22.0 Å². The minimum absolute atomic E-state index is 0.0155. The molecule has 0 spiro atoms. The highest BCUT2D eigenvalue weighted by Crippen LogP contribution is 2.38. The molecule has 1 saturated carbocycles. The Morgan fingerprint density at radius 3 is 2.36 bits per heavy atom. The lowest BCUT2D eigenvalue weighted by Crippen LogP contribution is -2.65. The minimum Gasteiger partial charge on any atom is -0.356 e. The van der Waals surface area contributed by atoms with Crippen molar-refractivity contribution in [2.45, 2.75) is 107 Å². The smallest absolute Gasteiger partial charge is 0.356 e. The Kier molecular flexibility index (Phi) is 9.77. The summed E-state index contributed by atoms with van der Waals surface area (Å²) >= 11 is 0. The van der Waals surface area contributed by atoms with Crippen LogP contribution in [0.25, 0.3) is 0 Å². The molecule has 39 heavy (non-hydrogen) atoms. The number of halogens is 5. The Balaban J connectivity index is 1.85. The number of hydrogen-bond acceptors (Lipinski definition) is 5. The maximum absolute atomic E-state index is 14.7. The van der Waals surface area contributed by atoms with Gasteiger partial charge in [0.1, 0.15) is 18.1 Å². The maximum Gasteiger partial charge on any atom is 0.471 e. The Bertz CT molecular complexity index is 981. The van der Waals surface area contributed by atoms with E-state index in [9.17, 15) is 46.4 Å². The number of hydrogen-bond donors (Lipinski definition) is 3. The molecule has 0 bridgehead atoms. The van der Waals surface area contributed by atoms with E-state index in [1.165, 1.54) is 6.92 Å². The summed E-state index contributed by atoms with van der Waals surface area (Å²) in [6.45, 7) is 1.99. The topological polar surface area (TPSA) is 131 Å². The number of likely N-dealkylation sites (tertiary alicyclic amines) is 1. The van der Waals surface area contributed by atoms with Gasteiger partial charge in [-0.05, 0) is 38.0 Å². The summed E-state index contributed by atoms with van der Waals surface area (Å²) in [6.07, 6.45) is -4.10. The fourth-order valence-electron chi connectivity index (χ4n) is 5.52. The van der Waals surface area contributed by atoms with Crippen LogP contribution in [0, 0.1) is 23.2 Å². The second-order valence-electron chi connectivity index (χ2n) is 10.7. The predicted molar refractivity (Wildman–Crippen MR) is 127 cm³/mol. The van der Waals surface area contributed by atoms with Gasteiger partial charge in [0.05, 0.1) is 6.07 Å². The van der Waals surface area contributed by atoms with Crippen molar-refractivity contribution in [2.24, 2.45) is 11.8 Å². The van der Waals surface area contributed by atoms with Crippen molar-refractivity contribution in [3.63, 3.8) is 0 Å². The van der Waals surface area contributed by atoms with Crippen molar-refractivity contribution in [3.05, 3.63) is 0 Å². The van der Waals surface area contributed by atoms with Gasteiger partial charge in [-0.25, -0.2) is 8.78 Å². The van der Waals surface area contributed by atoms with Crippen LogP contribution in [-0.4, -0.2) is 71.3 Å². The van der Waals surface area contributed by atoms with Crippen LogP contribution in [0.2, 0.25) is 0 Å². The molecule has 0 aromatic heterocycles. The Morgan fingerprint density at radius 2 is 1.82 bits per heavy atom. The molecule has 4 amide bonds. The van der Waals surface area contributed by atoms with Gasteiger partial charge >= 0.3 is 12.1 Å². The molecule has 3 N–H and O–H groups in total. The highest BCUT2D eigenvalue weighted by molar-refractivity contribution is 5.93. The Morgan fingerprint density at radius 1 is 1.13 bits per heavy atom. The highest BCUT2D eigenvalue weighted by Gasteiger charge is 2.52. The normalized spacial score (nSPS) is 26.8. The summed E-state index contributed by atoms with van der Waals surface area (Å²) in [7, 11) is 0. The van der Waals surface area contributed by atoms with Crippen molar-refractivity contribution in [2.75, 3.05) is 6.54 Å². The van der Waals surface area contributed by atoms with Crippen LogP contribution in [-0.2, 0) is 19.2 Å². The van der Waals surface area contributed by atoms with Gasteiger partial charge in [-0.3, -0.25) is 19.2 Å². The lowest BCUT2D eigenvalue weighted by molar-refractivity contribution is -0.177. The summed E-state index contributed by atoms with van der Waals surface area (Å²) in [5, 5.41) is 16.3. The van der Waals surface area contributed by atoms with Gasteiger partial charge in [0.25, 0.3) is 5.92 Å². The zero-order valence-corrected chi connectivity index (χ0v) is 21.7. The molecule has 3 aliphatic rings. The van der Waals surface area contributed by atoms with Gasteiger partial charge < -0.3 is 20.9 Å². The number of nitrogens with zero attached hydrogens (tertiary/aromatic N) is 2. The van der Waals surface area contributed by atoms with Crippen LogP contribution in [0.15, 0.2) is 0 Å². The van der Waals surface area contributed by atoms with Crippen molar-refractivity contribution in [1.82, 2.24) is 20.9 Å². The summed E-state index contributed by atoms with van der Waals surface area (Å²) in [5.74, 6) is -8.77. The first-order valence-electron chi connectivity index (χ1n) is 13.3. The number of alkyl halides is 5. The summed E-state index contributed by atoms with van der Waals surface area (Å²) < 4.78 is 68.6. The summed E-state index contributed by atoms with van der Waals surface area (Å²) in [5.41, 5.74) is 0. The third kappa shape index (κ3) is 7.79. The van der Waals surface area contributed by atoms with Crippen molar-refractivity contribution < 1.29 is 41.1 Å². The van der Waals surface area contributed by atoms with Crippen molar-refractivity contribution in [1.29, 1.82) is 5.26 Å². The standard InChI is InChI=1S/C25H34F5N5O4/c1-2-17-11-24(26,27)12-19(21(37)33-16(13-31)10-15-7-4-8-32-20(15)36)35(17)22(38)18(9-14-5-3-6-14)34-23(39)25(28,29)30/h14-19H,2-12H2,1H3,(H,32,36)(H,33,37)(H,34,39)/t15-,16-,17-,18-,19-/m0/s1. The summed E-state index contributed by atoms with van der Waals surface area (Å²) in [6, 6.07) is -3.99. The number of amides is 4. The fourth-order valence-corrected chi connectivity index (χ4v) is 5.52. The number of carbonyl (C=O) groups is 4. The molecular formula is C25H34F5N5O4. The van der Waals surface area contributed by atoms with E-state index in [-0.39, 0.29) is 31.1 Å². The zero-order valence-electron chi connectivity index (χ0n) is 21.7. The lowest BCUT2D eigenvalue weighted by atomic mass is 9.80. The zero-order chi connectivity index (χ0) is 29.0.